The molecule has 2 rings (SSSR count). The molecule has 1 atom stereocenters. The molecule has 4 nitrogen and oxygen atoms in total. The van der Waals surface area contributed by atoms with E-state index in [0.717, 1.165) is 5.56 Å². The van der Waals surface area contributed by atoms with Crippen LogP contribution in [-0.2, 0) is 16.6 Å². The Morgan fingerprint density at radius 2 is 1.80 bits per heavy atom. The normalized spacial score (nSPS) is 14.0. The van der Waals surface area contributed by atoms with Crippen molar-refractivity contribution in [2.45, 2.75) is 37.7 Å². The Labute approximate surface area is 146 Å². The summed E-state index contributed by atoms with van der Waals surface area (Å²) in [7, 11) is 1.47. The van der Waals surface area contributed by atoms with Gasteiger partial charge in [0.25, 0.3) is 0 Å². The van der Waals surface area contributed by atoms with Crippen LogP contribution in [0.4, 0.5) is 4.39 Å². The van der Waals surface area contributed by atoms with Gasteiger partial charge >= 0.3 is 5.97 Å². The number of aliphatic carboxylic acids is 1. The first-order chi connectivity index (χ1) is 11.7. The van der Waals surface area contributed by atoms with Crippen molar-refractivity contribution in [2.75, 3.05) is 7.11 Å². The van der Waals surface area contributed by atoms with E-state index < -0.39 is 22.8 Å². The fraction of sp³-hybridized carbons (Fsp3) is 0.350. The molecule has 2 N–H and O–H groups in total. The molecule has 0 radical (unpaired) electrons. The Kier molecular flexibility index (Phi) is 5.48. The highest BCUT2D eigenvalue weighted by Crippen LogP contribution is 2.39. The van der Waals surface area contributed by atoms with E-state index in [1.54, 1.807) is 38.1 Å². The van der Waals surface area contributed by atoms with E-state index in [1.807, 2.05) is 6.07 Å². The lowest BCUT2D eigenvalue weighted by atomic mass is 9.73. The molecule has 0 bridgehead atoms. The molecule has 0 aliphatic carbocycles. The number of hydrogen-bond acceptors (Lipinski definition) is 3. The molecule has 5 heteroatoms. The minimum absolute atomic E-state index is 0.0375. The topological polar surface area (TPSA) is 66.8 Å². The molecule has 0 aliphatic rings. The van der Waals surface area contributed by atoms with Crippen molar-refractivity contribution in [3.8, 4) is 5.75 Å². The second-order valence-electron chi connectivity index (χ2n) is 6.90. The second-order valence-corrected chi connectivity index (χ2v) is 6.90. The molecule has 2 aromatic rings. The predicted molar refractivity (Wildman–Crippen MR) is 93.3 cm³/mol. The zero-order chi connectivity index (χ0) is 18.7. The Morgan fingerprint density at radius 3 is 2.36 bits per heavy atom. The molecular formula is C20H23FO4. The van der Waals surface area contributed by atoms with Gasteiger partial charge in [0, 0.05) is 12.0 Å². The SMILES string of the molecule is COc1ccc(F)cc1C(C)(C)CC(O)(Cc1ccccc1)C(=O)O. The lowest BCUT2D eigenvalue weighted by Crippen LogP contribution is -2.45. The highest BCUT2D eigenvalue weighted by Gasteiger charge is 2.43. The number of hydrogen-bond donors (Lipinski definition) is 2. The van der Waals surface area contributed by atoms with E-state index in [0.29, 0.717) is 11.3 Å². The summed E-state index contributed by atoms with van der Waals surface area (Å²) in [5.74, 6) is -1.29. The molecule has 2 aromatic carbocycles. The van der Waals surface area contributed by atoms with Crippen LogP contribution in [0, 0.1) is 5.82 Å². The molecule has 1 unspecified atom stereocenters. The Hall–Kier alpha value is -2.40. The van der Waals surface area contributed by atoms with Crippen LogP contribution >= 0.6 is 0 Å². The third kappa shape index (κ3) is 4.37. The van der Waals surface area contributed by atoms with Crippen molar-refractivity contribution in [3.63, 3.8) is 0 Å². The lowest BCUT2D eigenvalue weighted by molar-refractivity contribution is -0.160. The van der Waals surface area contributed by atoms with Gasteiger partial charge in [0.05, 0.1) is 7.11 Å². The van der Waals surface area contributed by atoms with Gasteiger partial charge in [-0.05, 0) is 35.6 Å². The summed E-state index contributed by atoms with van der Waals surface area (Å²) in [5, 5.41) is 20.5. The van der Waals surface area contributed by atoms with Crippen molar-refractivity contribution in [1.82, 2.24) is 0 Å². The minimum Gasteiger partial charge on any atom is -0.496 e. The lowest BCUT2D eigenvalue weighted by Gasteiger charge is -2.34. The quantitative estimate of drug-likeness (QED) is 0.804. The van der Waals surface area contributed by atoms with E-state index >= 15 is 0 Å². The fourth-order valence-corrected chi connectivity index (χ4v) is 3.18. The summed E-state index contributed by atoms with van der Waals surface area (Å²) in [6.45, 7) is 3.53. The summed E-state index contributed by atoms with van der Waals surface area (Å²) in [4.78, 5) is 11.8. The van der Waals surface area contributed by atoms with Crippen molar-refractivity contribution < 1.29 is 24.1 Å². The van der Waals surface area contributed by atoms with E-state index in [9.17, 15) is 19.4 Å². The summed E-state index contributed by atoms with van der Waals surface area (Å²) in [6, 6.07) is 13.0. The van der Waals surface area contributed by atoms with Gasteiger partial charge in [-0.15, -0.1) is 0 Å². The number of methoxy groups -OCH3 is 1. The highest BCUT2D eigenvalue weighted by atomic mass is 19.1. The molecule has 0 spiro atoms. The number of halogens is 1. The second kappa shape index (κ2) is 7.23. The number of carboxylic acids is 1. The maximum atomic E-state index is 13.7. The van der Waals surface area contributed by atoms with Crippen LogP contribution in [0.25, 0.3) is 0 Å². The van der Waals surface area contributed by atoms with Crippen molar-refractivity contribution in [3.05, 3.63) is 65.5 Å². The molecular weight excluding hydrogens is 323 g/mol. The van der Waals surface area contributed by atoms with Gasteiger partial charge in [-0.25, -0.2) is 9.18 Å². The van der Waals surface area contributed by atoms with Gasteiger partial charge in [-0.1, -0.05) is 44.2 Å². The third-order valence-electron chi connectivity index (χ3n) is 4.36. The number of ether oxygens (including phenoxy) is 1. The molecule has 0 heterocycles. The van der Waals surface area contributed by atoms with Crippen molar-refractivity contribution in [1.29, 1.82) is 0 Å². The molecule has 0 saturated carbocycles. The zero-order valence-corrected chi connectivity index (χ0v) is 14.6. The van der Waals surface area contributed by atoms with Crippen LogP contribution in [0.1, 0.15) is 31.4 Å². The summed E-state index contributed by atoms with van der Waals surface area (Å²) >= 11 is 0. The van der Waals surface area contributed by atoms with Crippen LogP contribution in [0.3, 0.4) is 0 Å². The molecule has 0 amide bonds. The van der Waals surface area contributed by atoms with Gasteiger partial charge in [0.1, 0.15) is 11.6 Å². The Balaban J connectivity index is 2.38. The minimum atomic E-state index is -1.98. The van der Waals surface area contributed by atoms with Crippen LogP contribution in [0.5, 0.6) is 5.75 Å². The predicted octanol–water partition coefficient (Wildman–Crippen LogP) is 3.56. The average molecular weight is 346 g/mol. The van der Waals surface area contributed by atoms with E-state index in [4.69, 9.17) is 4.74 Å². The number of aliphatic hydroxyl groups is 1. The van der Waals surface area contributed by atoms with E-state index in [-0.39, 0.29) is 12.8 Å². The maximum absolute atomic E-state index is 13.7. The van der Waals surface area contributed by atoms with E-state index in [2.05, 4.69) is 0 Å². The standard InChI is InChI=1S/C20H23FO4/c1-19(2,16-11-15(21)9-10-17(16)25-3)13-20(24,18(22)23)12-14-7-5-4-6-8-14/h4-11,24H,12-13H2,1-3H3,(H,22,23). The molecule has 0 fully saturated rings. The maximum Gasteiger partial charge on any atom is 0.336 e. The van der Waals surface area contributed by atoms with Gasteiger partial charge < -0.3 is 14.9 Å². The van der Waals surface area contributed by atoms with Crippen LogP contribution in [0.15, 0.2) is 48.5 Å². The average Bonchev–Trinajstić information content (AvgIpc) is 2.55. The van der Waals surface area contributed by atoms with Crippen molar-refractivity contribution >= 4 is 5.97 Å². The van der Waals surface area contributed by atoms with Crippen molar-refractivity contribution in [2.24, 2.45) is 0 Å². The molecule has 0 aliphatic heterocycles. The first kappa shape index (κ1) is 18.9. The summed E-state index contributed by atoms with van der Waals surface area (Å²) < 4.78 is 19.0. The number of carbonyl (C=O) groups is 1. The molecule has 25 heavy (non-hydrogen) atoms. The fourth-order valence-electron chi connectivity index (χ4n) is 3.18. The molecule has 0 aromatic heterocycles. The number of rotatable bonds is 7. The molecule has 134 valence electrons. The number of carboxylic acid groups (broad SMARTS) is 1. The third-order valence-corrected chi connectivity index (χ3v) is 4.36. The largest absolute Gasteiger partial charge is 0.496 e. The van der Waals surface area contributed by atoms with Gasteiger partial charge in [0.2, 0.25) is 0 Å². The van der Waals surface area contributed by atoms with Crippen LogP contribution in [0.2, 0.25) is 0 Å². The number of benzene rings is 2. The zero-order valence-electron chi connectivity index (χ0n) is 14.6. The summed E-state index contributed by atoms with van der Waals surface area (Å²) in [6.07, 6.45) is -0.131. The smallest absolute Gasteiger partial charge is 0.336 e. The van der Waals surface area contributed by atoms with Crippen LogP contribution in [-0.4, -0.2) is 28.9 Å². The van der Waals surface area contributed by atoms with Gasteiger partial charge in [0.15, 0.2) is 5.60 Å². The highest BCUT2D eigenvalue weighted by molar-refractivity contribution is 5.78. The Bertz CT molecular complexity index is 743. The van der Waals surface area contributed by atoms with Gasteiger partial charge in [-0.3, -0.25) is 0 Å². The first-order valence-corrected chi connectivity index (χ1v) is 8.02. The van der Waals surface area contributed by atoms with E-state index in [1.165, 1.54) is 25.3 Å². The molecule has 0 saturated heterocycles. The Morgan fingerprint density at radius 1 is 1.16 bits per heavy atom. The summed E-state index contributed by atoms with van der Waals surface area (Å²) in [5.41, 5.74) is -1.57. The van der Waals surface area contributed by atoms with Gasteiger partial charge in [-0.2, -0.15) is 0 Å². The monoisotopic (exact) mass is 346 g/mol. The first-order valence-electron chi connectivity index (χ1n) is 8.02. The van der Waals surface area contributed by atoms with Crippen LogP contribution < -0.4 is 4.74 Å².